The predicted molar refractivity (Wildman–Crippen MR) is 86.2 cm³/mol. The first-order valence-electron chi connectivity index (χ1n) is 7.82. The zero-order chi connectivity index (χ0) is 15.6. The number of ketones is 1. The van der Waals surface area contributed by atoms with Crippen molar-refractivity contribution < 1.29 is 9.53 Å². The molecule has 3 heteroatoms. The Labute approximate surface area is 128 Å². The molecule has 21 heavy (non-hydrogen) atoms. The molecule has 2 unspecified atom stereocenters. The molecular formula is C18H27NO2. The maximum absolute atomic E-state index is 12.6. The number of carbonyl (C=O) groups excluding carboxylic acids is 1. The molecule has 3 nitrogen and oxygen atoms in total. The number of hydrogen-bond acceptors (Lipinski definition) is 3. The normalized spacial score (nSPS) is 23.1. The largest absolute Gasteiger partial charge is 0.496 e. The monoisotopic (exact) mass is 289 g/mol. The zero-order valence-electron chi connectivity index (χ0n) is 13.9. The van der Waals surface area contributed by atoms with E-state index in [-0.39, 0.29) is 5.78 Å². The Morgan fingerprint density at radius 3 is 2.38 bits per heavy atom. The Bertz CT molecular complexity index is 514. The molecule has 2 atom stereocenters. The van der Waals surface area contributed by atoms with Crippen molar-refractivity contribution in [1.29, 1.82) is 0 Å². The Morgan fingerprint density at radius 1 is 1.19 bits per heavy atom. The van der Waals surface area contributed by atoms with Gasteiger partial charge >= 0.3 is 0 Å². The molecule has 0 aromatic heterocycles. The first kappa shape index (κ1) is 16.0. The molecule has 1 aromatic carbocycles. The van der Waals surface area contributed by atoms with E-state index in [0.29, 0.717) is 18.4 Å². The van der Waals surface area contributed by atoms with Gasteiger partial charge in [-0.15, -0.1) is 0 Å². The van der Waals surface area contributed by atoms with Gasteiger partial charge in [0.2, 0.25) is 0 Å². The lowest BCUT2D eigenvalue weighted by atomic mass is 9.91. The van der Waals surface area contributed by atoms with Crippen molar-refractivity contribution in [3.05, 3.63) is 28.8 Å². The summed E-state index contributed by atoms with van der Waals surface area (Å²) in [6, 6.07) is 3.80. The molecule has 1 fully saturated rings. The van der Waals surface area contributed by atoms with Crippen LogP contribution >= 0.6 is 0 Å². The fourth-order valence-corrected chi connectivity index (χ4v) is 3.53. The van der Waals surface area contributed by atoms with Crippen molar-refractivity contribution in [2.24, 2.45) is 11.8 Å². The first-order chi connectivity index (χ1) is 9.92. The van der Waals surface area contributed by atoms with Gasteiger partial charge in [0.25, 0.3) is 0 Å². The van der Waals surface area contributed by atoms with E-state index in [9.17, 15) is 4.79 Å². The van der Waals surface area contributed by atoms with Crippen LogP contribution in [0.3, 0.4) is 0 Å². The topological polar surface area (TPSA) is 29.5 Å². The summed E-state index contributed by atoms with van der Waals surface area (Å²) >= 11 is 0. The van der Waals surface area contributed by atoms with Gasteiger partial charge in [0.15, 0.2) is 5.78 Å². The summed E-state index contributed by atoms with van der Waals surface area (Å²) in [6.45, 7) is 11.2. The highest BCUT2D eigenvalue weighted by Crippen LogP contribution is 2.25. The molecule has 0 spiro atoms. The van der Waals surface area contributed by atoms with Crippen LogP contribution in [-0.4, -0.2) is 37.4 Å². The predicted octanol–water partition coefficient (Wildman–Crippen LogP) is 3.47. The molecule has 1 aromatic rings. The number of benzene rings is 1. The van der Waals surface area contributed by atoms with Gasteiger partial charge in [-0.2, -0.15) is 0 Å². The highest BCUT2D eigenvalue weighted by atomic mass is 16.5. The molecule has 1 aliphatic rings. The Balaban J connectivity index is 2.12. The van der Waals surface area contributed by atoms with Gasteiger partial charge in [-0.1, -0.05) is 13.8 Å². The molecule has 1 heterocycles. The third-order valence-corrected chi connectivity index (χ3v) is 4.57. The number of methoxy groups -OCH3 is 1. The summed E-state index contributed by atoms with van der Waals surface area (Å²) in [5.74, 6) is 2.43. The van der Waals surface area contributed by atoms with Gasteiger partial charge in [0, 0.05) is 18.7 Å². The number of rotatable bonds is 4. The highest BCUT2D eigenvalue weighted by molar-refractivity contribution is 5.99. The van der Waals surface area contributed by atoms with Gasteiger partial charge < -0.3 is 4.74 Å². The van der Waals surface area contributed by atoms with E-state index in [1.54, 1.807) is 7.11 Å². The molecule has 0 bridgehead atoms. The average Bonchev–Trinajstić information content (AvgIpc) is 2.40. The maximum atomic E-state index is 12.6. The van der Waals surface area contributed by atoms with E-state index in [1.165, 1.54) is 6.42 Å². The van der Waals surface area contributed by atoms with Crippen molar-refractivity contribution in [2.75, 3.05) is 26.7 Å². The average molecular weight is 289 g/mol. The van der Waals surface area contributed by atoms with E-state index >= 15 is 0 Å². The summed E-state index contributed by atoms with van der Waals surface area (Å²) in [4.78, 5) is 14.9. The second-order valence-electron chi connectivity index (χ2n) is 6.63. The third-order valence-electron chi connectivity index (χ3n) is 4.57. The van der Waals surface area contributed by atoms with Crippen LogP contribution in [0.15, 0.2) is 12.1 Å². The van der Waals surface area contributed by atoms with E-state index in [1.807, 2.05) is 26.0 Å². The fourth-order valence-electron chi connectivity index (χ4n) is 3.53. The fraction of sp³-hybridized carbons (Fsp3) is 0.611. The van der Waals surface area contributed by atoms with Crippen LogP contribution in [0.5, 0.6) is 5.75 Å². The van der Waals surface area contributed by atoms with Crippen molar-refractivity contribution in [3.8, 4) is 5.75 Å². The maximum Gasteiger partial charge on any atom is 0.177 e. The smallest absolute Gasteiger partial charge is 0.177 e. The van der Waals surface area contributed by atoms with Gasteiger partial charge in [0.05, 0.1) is 13.7 Å². The van der Waals surface area contributed by atoms with Crippen LogP contribution in [0.2, 0.25) is 0 Å². The van der Waals surface area contributed by atoms with Gasteiger partial charge in [-0.05, 0) is 55.4 Å². The number of Topliss-reactive ketones (excluding diaryl/α,β-unsaturated/α-hetero) is 1. The lowest BCUT2D eigenvalue weighted by Gasteiger charge is -2.34. The first-order valence-corrected chi connectivity index (χ1v) is 7.82. The van der Waals surface area contributed by atoms with E-state index in [2.05, 4.69) is 18.7 Å². The second kappa shape index (κ2) is 6.61. The summed E-state index contributed by atoms with van der Waals surface area (Å²) in [7, 11) is 1.67. The molecule has 2 rings (SSSR count). The SMILES string of the molecule is COc1ccc(C(=O)CN2CC(C)CC(C)C2)c(C)c1C. The van der Waals surface area contributed by atoms with Crippen LogP contribution < -0.4 is 4.74 Å². The number of carbonyl (C=O) groups is 1. The molecule has 1 saturated heterocycles. The van der Waals surface area contributed by atoms with Gasteiger partial charge in [0.1, 0.15) is 5.75 Å². The molecule has 0 aliphatic carbocycles. The minimum absolute atomic E-state index is 0.222. The van der Waals surface area contributed by atoms with Crippen molar-refractivity contribution in [3.63, 3.8) is 0 Å². The highest BCUT2D eigenvalue weighted by Gasteiger charge is 2.24. The zero-order valence-corrected chi connectivity index (χ0v) is 13.9. The number of hydrogen-bond donors (Lipinski definition) is 0. The second-order valence-corrected chi connectivity index (χ2v) is 6.63. The van der Waals surface area contributed by atoms with Crippen LogP contribution in [0.25, 0.3) is 0 Å². The lowest BCUT2D eigenvalue weighted by molar-refractivity contribution is 0.0849. The molecule has 0 radical (unpaired) electrons. The van der Waals surface area contributed by atoms with E-state index in [0.717, 1.165) is 35.5 Å². The van der Waals surface area contributed by atoms with Crippen molar-refractivity contribution >= 4 is 5.78 Å². The molecule has 1 aliphatic heterocycles. The quantitative estimate of drug-likeness (QED) is 0.795. The minimum atomic E-state index is 0.222. The molecule has 116 valence electrons. The molecule has 0 amide bonds. The molecule has 0 N–H and O–H groups in total. The summed E-state index contributed by atoms with van der Waals surface area (Å²) in [5.41, 5.74) is 2.93. The molecule has 0 saturated carbocycles. The Kier molecular flexibility index (Phi) is 5.04. The number of likely N-dealkylation sites (tertiary alicyclic amines) is 1. The van der Waals surface area contributed by atoms with E-state index in [4.69, 9.17) is 4.74 Å². The number of piperidine rings is 1. The Hall–Kier alpha value is -1.35. The van der Waals surface area contributed by atoms with Gasteiger partial charge in [-0.3, -0.25) is 9.69 Å². The lowest BCUT2D eigenvalue weighted by Crippen LogP contribution is -2.41. The summed E-state index contributed by atoms with van der Waals surface area (Å²) in [6.07, 6.45) is 1.27. The van der Waals surface area contributed by atoms with Crippen LogP contribution in [0.1, 0.15) is 41.8 Å². The number of ether oxygens (including phenoxy) is 1. The molecular weight excluding hydrogens is 262 g/mol. The number of nitrogens with zero attached hydrogens (tertiary/aromatic N) is 1. The van der Waals surface area contributed by atoms with Gasteiger partial charge in [-0.25, -0.2) is 0 Å². The third kappa shape index (κ3) is 3.65. The van der Waals surface area contributed by atoms with Crippen LogP contribution in [0.4, 0.5) is 0 Å². The van der Waals surface area contributed by atoms with Crippen LogP contribution in [-0.2, 0) is 0 Å². The van der Waals surface area contributed by atoms with E-state index < -0.39 is 0 Å². The van der Waals surface area contributed by atoms with Crippen LogP contribution in [0, 0.1) is 25.7 Å². The van der Waals surface area contributed by atoms with Crippen molar-refractivity contribution in [1.82, 2.24) is 4.90 Å². The standard InChI is InChI=1S/C18H27NO2/c1-12-8-13(2)10-19(9-12)11-17(20)16-6-7-18(21-5)15(4)14(16)3/h6-7,12-13H,8-11H2,1-5H3. The summed E-state index contributed by atoms with van der Waals surface area (Å²) in [5, 5.41) is 0. The van der Waals surface area contributed by atoms with Crippen molar-refractivity contribution in [2.45, 2.75) is 34.1 Å². The Morgan fingerprint density at radius 2 is 1.81 bits per heavy atom. The summed E-state index contributed by atoms with van der Waals surface area (Å²) < 4.78 is 5.32. The minimum Gasteiger partial charge on any atom is -0.496 e.